The minimum absolute atomic E-state index is 0.247. The zero-order chi connectivity index (χ0) is 22.4. The number of ether oxygens (including phenoxy) is 1. The molecule has 3 rings (SSSR count). The number of carbonyl (C=O) groups excluding carboxylic acids is 2. The summed E-state index contributed by atoms with van der Waals surface area (Å²) in [6, 6.07) is 8.37. The van der Waals surface area contributed by atoms with Crippen molar-refractivity contribution in [2.24, 2.45) is 7.05 Å². The van der Waals surface area contributed by atoms with E-state index in [-0.39, 0.29) is 17.4 Å². The first-order valence-electron chi connectivity index (χ1n) is 9.00. The van der Waals surface area contributed by atoms with Gasteiger partial charge in [0.1, 0.15) is 17.7 Å². The largest absolute Gasteiger partial charge is 0.441 e. The van der Waals surface area contributed by atoms with Gasteiger partial charge in [-0.1, -0.05) is 22.9 Å². The second-order valence-electron chi connectivity index (χ2n) is 6.28. The Kier molecular flexibility index (Phi) is 6.74. The molecule has 158 valence electrons. The van der Waals surface area contributed by atoms with Crippen LogP contribution in [-0.4, -0.2) is 37.0 Å². The van der Waals surface area contributed by atoms with Crippen molar-refractivity contribution in [3.63, 3.8) is 0 Å². The summed E-state index contributed by atoms with van der Waals surface area (Å²) in [5.74, 6) is -0.173. The van der Waals surface area contributed by atoms with Crippen LogP contribution >= 0.6 is 11.6 Å². The zero-order valence-electron chi connectivity index (χ0n) is 16.5. The van der Waals surface area contributed by atoms with E-state index in [1.165, 1.54) is 10.9 Å². The van der Waals surface area contributed by atoms with Gasteiger partial charge < -0.3 is 10.1 Å². The van der Waals surface area contributed by atoms with Gasteiger partial charge in [0.15, 0.2) is 11.5 Å². The number of hydrogen-bond acceptors (Lipinski definition) is 8. The van der Waals surface area contributed by atoms with Crippen molar-refractivity contribution in [3.8, 4) is 17.5 Å². The number of hydrogen-bond donors (Lipinski definition) is 2. The first kappa shape index (κ1) is 21.7. The Morgan fingerprint density at radius 2 is 2.10 bits per heavy atom. The molecule has 3 aromatic rings. The minimum Gasteiger partial charge on any atom is -0.441 e. The number of nitrogens with zero attached hydrogens (tertiary/aromatic N) is 6. The molecular formula is C19H17ClN8O3. The Labute approximate surface area is 182 Å². The normalized spacial score (nSPS) is 11.3. The molecule has 1 atom stereocenters. The van der Waals surface area contributed by atoms with Crippen LogP contribution < -0.4 is 10.6 Å². The third-order valence-corrected chi connectivity index (χ3v) is 4.40. The molecular weight excluding hydrogens is 424 g/mol. The summed E-state index contributed by atoms with van der Waals surface area (Å²) in [5, 5.41) is 21.9. The van der Waals surface area contributed by atoms with Gasteiger partial charge in [0, 0.05) is 18.8 Å². The molecule has 0 aliphatic carbocycles. The fraction of sp³-hybridized carbons (Fsp3) is 0.211. The van der Waals surface area contributed by atoms with Gasteiger partial charge in [0.2, 0.25) is 5.91 Å². The van der Waals surface area contributed by atoms with E-state index >= 15 is 0 Å². The van der Waals surface area contributed by atoms with Crippen LogP contribution in [0.1, 0.15) is 25.0 Å². The number of halogens is 1. The number of rotatable bonds is 6. The van der Waals surface area contributed by atoms with Gasteiger partial charge in [-0.15, -0.1) is 5.10 Å². The topological polar surface area (TPSA) is 148 Å². The lowest BCUT2D eigenvalue weighted by Gasteiger charge is -2.15. The van der Waals surface area contributed by atoms with Crippen molar-refractivity contribution < 1.29 is 14.3 Å². The van der Waals surface area contributed by atoms with Crippen molar-refractivity contribution in [2.45, 2.75) is 19.4 Å². The first-order valence-corrected chi connectivity index (χ1v) is 9.37. The number of nitriles is 1. The molecule has 0 spiro atoms. The van der Waals surface area contributed by atoms with E-state index in [2.05, 4.69) is 30.9 Å². The Bertz CT molecular complexity index is 1140. The van der Waals surface area contributed by atoms with E-state index in [1.807, 2.05) is 0 Å². The second-order valence-corrected chi connectivity index (χ2v) is 6.64. The van der Waals surface area contributed by atoms with Gasteiger partial charge in [-0.2, -0.15) is 5.26 Å². The highest BCUT2D eigenvalue weighted by atomic mass is 35.5. The molecule has 31 heavy (non-hydrogen) atoms. The first-order chi connectivity index (χ1) is 14.9. The van der Waals surface area contributed by atoms with Gasteiger partial charge in [-0.3, -0.25) is 15.1 Å². The molecule has 0 radical (unpaired) electrons. The van der Waals surface area contributed by atoms with Crippen LogP contribution in [-0.2, 0) is 16.6 Å². The van der Waals surface area contributed by atoms with Crippen LogP contribution in [0.2, 0.25) is 5.15 Å². The molecule has 0 unspecified atom stereocenters. The molecule has 0 bridgehead atoms. The maximum Gasteiger partial charge on any atom is 0.413 e. The highest BCUT2D eigenvalue weighted by Crippen LogP contribution is 2.26. The molecule has 3 aromatic heterocycles. The van der Waals surface area contributed by atoms with Crippen molar-refractivity contribution >= 4 is 35.1 Å². The lowest BCUT2D eigenvalue weighted by atomic mass is 10.2. The lowest BCUT2D eigenvalue weighted by Crippen LogP contribution is -2.18. The van der Waals surface area contributed by atoms with Gasteiger partial charge in [0.25, 0.3) is 0 Å². The number of nitrogens with one attached hydrogen (secondary N) is 2. The minimum atomic E-state index is -0.737. The molecule has 0 saturated carbocycles. The van der Waals surface area contributed by atoms with E-state index in [9.17, 15) is 9.59 Å². The highest BCUT2D eigenvalue weighted by Gasteiger charge is 2.20. The van der Waals surface area contributed by atoms with Crippen LogP contribution in [0.3, 0.4) is 0 Å². The summed E-state index contributed by atoms with van der Waals surface area (Å²) < 4.78 is 6.75. The Balaban J connectivity index is 1.72. The van der Waals surface area contributed by atoms with E-state index in [4.69, 9.17) is 21.6 Å². The quantitative estimate of drug-likeness (QED) is 0.555. The van der Waals surface area contributed by atoms with Crippen molar-refractivity contribution in [1.82, 2.24) is 25.0 Å². The van der Waals surface area contributed by atoms with Crippen LogP contribution in [0.25, 0.3) is 11.4 Å². The number of aryl methyl sites for hydroxylation is 1. The molecule has 0 aromatic carbocycles. The third kappa shape index (κ3) is 5.31. The fourth-order valence-electron chi connectivity index (χ4n) is 2.61. The van der Waals surface area contributed by atoms with E-state index in [0.717, 1.165) is 0 Å². The zero-order valence-corrected chi connectivity index (χ0v) is 17.3. The van der Waals surface area contributed by atoms with Crippen LogP contribution in [0, 0.1) is 11.3 Å². The van der Waals surface area contributed by atoms with E-state index in [1.54, 1.807) is 50.5 Å². The molecule has 0 saturated heterocycles. The van der Waals surface area contributed by atoms with Gasteiger partial charge >= 0.3 is 6.09 Å². The molecule has 11 nitrogen and oxygen atoms in total. The summed E-state index contributed by atoms with van der Waals surface area (Å²) in [6.45, 7) is 1.67. The van der Waals surface area contributed by atoms with E-state index < -0.39 is 18.1 Å². The number of anilines is 2. The maximum absolute atomic E-state index is 12.4. The number of carbonyl (C=O) groups is 2. The third-order valence-electron chi connectivity index (χ3n) is 4.09. The number of pyridine rings is 2. The fourth-order valence-corrected chi connectivity index (χ4v) is 2.88. The van der Waals surface area contributed by atoms with Crippen LogP contribution in [0.5, 0.6) is 0 Å². The summed E-state index contributed by atoms with van der Waals surface area (Å²) in [4.78, 5) is 32.1. The Hall–Kier alpha value is -4.04. The van der Waals surface area contributed by atoms with Crippen molar-refractivity contribution in [1.29, 1.82) is 5.26 Å². The second kappa shape index (κ2) is 9.64. The Morgan fingerprint density at radius 3 is 2.77 bits per heavy atom. The van der Waals surface area contributed by atoms with Gasteiger partial charge in [-0.25, -0.2) is 14.5 Å². The summed E-state index contributed by atoms with van der Waals surface area (Å²) in [7, 11) is 1.60. The van der Waals surface area contributed by atoms with Gasteiger partial charge in [-0.05, 0) is 25.1 Å². The van der Waals surface area contributed by atoms with Crippen LogP contribution in [0.4, 0.5) is 16.3 Å². The molecule has 0 aliphatic heterocycles. The van der Waals surface area contributed by atoms with Crippen molar-refractivity contribution in [2.75, 3.05) is 10.6 Å². The summed E-state index contributed by atoms with van der Waals surface area (Å²) >= 11 is 6.04. The molecule has 12 heteroatoms. The lowest BCUT2D eigenvalue weighted by molar-refractivity contribution is -0.115. The summed E-state index contributed by atoms with van der Waals surface area (Å²) in [5.41, 5.74) is 1.70. The smallest absolute Gasteiger partial charge is 0.413 e. The van der Waals surface area contributed by atoms with E-state index in [0.29, 0.717) is 22.6 Å². The number of amides is 2. The molecule has 0 fully saturated rings. The average Bonchev–Trinajstić information content (AvgIpc) is 3.09. The predicted molar refractivity (Wildman–Crippen MR) is 111 cm³/mol. The average molecular weight is 441 g/mol. The maximum atomic E-state index is 12.4. The van der Waals surface area contributed by atoms with Crippen molar-refractivity contribution in [3.05, 3.63) is 47.4 Å². The standard InChI is InChI=1S/C19H17ClN8O3/c1-11(13-4-3-9-22-17(13)20)31-19(30)25-18-16(26-27-28(18)2)14-6-5-12(10-23-14)24-15(29)7-8-21/h3-6,9-11H,7H2,1-2H3,(H,24,29)(H,25,30)/t11-/m1/s1. The van der Waals surface area contributed by atoms with Gasteiger partial charge in [0.05, 0.1) is 23.6 Å². The Morgan fingerprint density at radius 1 is 1.29 bits per heavy atom. The van der Waals surface area contributed by atoms with Crippen LogP contribution in [0.15, 0.2) is 36.7 Å². The predicted octanol–water partition coefficient (Wildman–Crippen LogP) is 3.09. The monoisotopic (exact) mass is 440 g/mol. The molecule has 2 amide bonds. The SMILES string of the molecule is C[C@@H](OC(=O)Nc1c(-c2ccc(NC(=O)CC#N)cn2)nnn1C)c1cccnc1Cl. The molecule has 3 heterocycles. The number of aromatic nitrogens is 5. The highest BCUT2D eigenvalue weighted by molar-refractivity contribution is 6.30. The molecule has 2 N–H and O–H groups in total. The summed E-state index contributed by atoms with van der Waals surface area (Å²) in [6.07, 6.45) is 1.32. The molecule has 0 aliphatic rings.